The summed E-state index contributed by atoms with van der Waals surface area (Å²) in [6.07, 6.45) is 6.05. The van der Waals surface area contributed by atoms with Gasteiger partial charge in [-0.05, 0) is 38.8 Å². The average Bonchev–Trinajstić information content (AvgIpc) is 2.84. The minimum Gasteiger partial charge on any atom is -0.481 e. The second-order valence-corrected chi connectivity index (χ2v) is 5.65. The Morgan fingerprint density at radius 2 is 2.26 bits per heavy atom. The molecule has 5 heteroatoms. The van der Waals surface area contributed by atoms with Crippen molar-refractivity contribution < 1.29 is 14.6 Å². The maximum absolute atomic E-state index is 10.3. The summed E-state index contributed by atoms with van der Waals surface area (Å²) in [6.45, 7) is 5.08. The number of nitrogens with zero attached hydrogens (tertiary/aromatic N) is 1. The Labute approximate surface area is 115 Å². The third-order valence-corrected chi connectivity index (χ3v) is 4.08. The van der Waals surface area contributed by atoms with Crippen LogP contribution in [0.2, 0.25) is 0 Å². The van der Waals surface area contributed by atoms with Crippen molar-refractivity contribution in [2.75, 3.05) is 32.8 Å². The van der Waals surface area contributed by atoms with Gasteiger partial charge < -0.3 is 15.2 Å². The van der Waals surface area contributed by atoms with E-state index < -0.39 is 5.97 Å². The quantitative estimate of drug-likeness (QED) is 0.646. The predicted octanol–water partition coefficient (Wildman–Crippen LogP) is 1.08. The molecule has 0 bridgehead atoms. The number of carbonyl (C=O) groups is 1. The topological polar surface area (TPSA) is 61.8 Å². The van der Waals surface area contributed by atoms with Crippen molar-refractivity contribution in [1.29, 1.82) is 0 Å². The molecule has 0 aromatic carbocycles. The Morgan fingerprint density at radius 3 is 3.11 bits per heavy atom. The molecule has 110 valence electrons. The van der Waals surface area contributed by atoms with E-state index in [-0.39, 0.29) is 0 Å². The van der Waals surface area contributed by atoms with Crippen LogP contribution >= 0.6 is 0 Å². The van der Waals surface area contributed by atoms with Crippen LogP contribution in [0.1, 0.15) is 38.5 Å². The van der Waals surface area contributed by atoms with Gasteiger partial charge in [-0.1, -0.05) is 6.42 Å². The van der Waals surface area contributed by atoms with E-state index in [4.69, 9.17) is 9.84 Å². The second kappa shape index (κ2) is 7.82. The lowest BCUT2D eigenvalue weighted by atomic mass is 10.2. The van der Waals surface area contributed by atoms with Crippen LogP contribution in [0.4, 0.5) is 0 Å². The Bertz CT molecular complexity index is 286. The van der Waals surface area contributed by atoms with Crippen LogP contribution < -0.4 is 5.32 Å². The molecular formula is C14H26N2O3. The van der Waals surface area contributed by atoms with E-state index in [0.29, 0.717) is 18.6 Å². The van der Waals surface area contributed by atoms with Crippen LogP contribution in [0.15, 0.2) is 0 Å². The van der Waals surface area contributed by atoms with Crippen molar-refractivity contribution in [1.82, 2.24) is 10.2 Å². The van der Waals surface area contributed by atoms with E-state index >= 15 is 0 Å². The first kappa shape index (κ1) is 14.8. The number of hydrogen-bond acceptors (Lipinski definition) is 4. The Hall–Kier alpha value is -0.650. The number of morpholine rings is 1. The normalized spacial score (nSPS) is 27.4. The van der Waals surface area contributed by atoms with Crippen LogP contribution in [0, 0.1) is 0 Å². The van der Waals surface area contributed by atoms with Crippen LogP contribution in [0.25, 0.3) is 0 Å². The Balaban J connectivity index is 1.46. The van der Waals surface area contributed by atoms with Crippen LogP contribution in [-0.2, 0) is 9.53 Å². The van der Waals surface area contributed by atoms with Crippen LogP contribution in [0.3, 0.4) is 0 Å². The molecule has 2 atom stereocenters. The molecule has 0 aromatic rings. The van der Waals surface area contributed by atoms with Crippen molar-refractivity contribution >= 4 is 5.97 Å². The molecule has 19 heavy (non-hydrogen) atoms. The van der Waals surface area contributed by atoms with E-state index in [9.17, 15) is 4.79 Å². The van der Waals surface area contributed by atoms with E-state index in [2.05, 4.69) is 10.2 Å². The molecule has 2 aliphatic heterocycles. The summed E-state index contributed by atoms with van der Waals surface area (Å²) in [6, 6.07) is 0.673. The highest BCUT2D eigenvalue weighted by molar-refractivity contribution is 5.66. The van der Waals surface area contributed by atoms with Gasteiger partial charge in [-0.15, -0.1) is 0 Å². The molecule has 0 radical (unpaired) electrons. The summed E-state index contributed by atoms with van der Waals surface area (Å²) in [5.41, 5.74) is 0. The largest absolute Gasteiger partial charge is 0.481 e. The number of carboxylic acids is 1. The Kier molecular flexibility index (Phi) is 6.07. The SMILES string of the molecule is O=C(O)CCCCCNCC1CN2CCCC2CO1. The van der Waals surface area contributed by atoms with E-state index in [1.807, 2.05) is 0 Å². The summed E-state index contributed by atoms with van der Waals surface area (Å²) >= 11 is 0. The molecule has 0 aliphatic carbocycles. The molecule has 0 spiro atoms. The highest BCUT2D eigenvalue weighted by Gasteiger charge is 2.31. The van der Waals surface area contributed by atoms with Gasteiger partial charge in [0.15, 0.2) is 0 Å². The van der Waals surface area contributed by atoms with Gasteiger partial charge in [0.05, 0.1) is 12.7 Å². The standard InChI is InChI=1S/C14H26N2O3/c17-14(18)6-2-1-3-7-15-9-13-10-16-8-4-5-12(16)11-19-13/h12-13,15H,1-11H2,(H,17,18). The maximum Gasteiger partial charge on any atom is 0.303 e. The molecule has 2 N–H and O–H groups in total. The first-order chi connectivity index (χ1) is 9.25. The number of rotatable bonds is 8. The lowest BCUT2D eigenvalue weighted by molar-refractivity contribution is -0.137. The zero-order chi connectivity index (χ0) is 13.5. The van der Waals surface area contributed by atoms with Crippen molar-refractivity contribution in [3.8, 4) is 0 Å². The summed E-state index contributed by atoms with van der Waals surface area (Å²) in [4.78, 5) is 12.9. The van der Waals surface area contributed by atoms with Gasteiger partial charge >= 0.3 is 5.97 Å². The van der Waals surface area contributed by atoms with E-state index in [1.54, 1.807) is 0 Å². The molecule has 2 aliphatic rings. The fraction of sp³-hybridized carbons (Fsp3) is 0.929. The first-order valence-electron chi connectivity index (χ1n) is 7.54. The maximum atomic E-state index is 10.3. The molecule has 2 heterocycles. The summed E-state index contributed by atoms with van der Waals surface area (Å²) in [5.74, 6) is -0.691. The lowest BCUT2D eigenvalue weighted by Crippen LogP contribution is -2.49. The van der Waals surface area contributed by atoms with Crippen LogP contribution in [0.5, 0.6) is 0 Å². The molecule has 2 unspecified atom stereocenters. The Morgan fingerprint density at radius 1 is 1.37 bits per heavy atom. The summed E-state index contributed by atoms with van der Waals surface area (Å²) in [5, 5.41) is 11.9. The molecule has 2 saturated heterocycles. The molecular weight excluding hydrogens is 244 g/mol. The number of fused-ring (bicyclic) bond motifs is 1. The van der Waals surface area contributed by atoms with Gasteiger partial charge in [0.2, 0.25) is 0 Å². The predicted molar refractivity (Wildman–Crippen MR) is 73.3 cm³/mol. The highest BCUT2D eigenvalue weighted by atomic mass is 16.5. The fourth-order valence-corrected chi connectivity index (χ4v) is 2.98. The van der Waals surface area contributed by atoms with Crippen molar-refractivity contribution in [3.63, 3.8) is 0 Å². The minimum atomic E-state index is -0.691. The van der Waals surface area contributed by atoms with E-state index in [0.717, 1.165) is 45.5 Å². The molecule has 5 nitrogen and oxygen atoms in total. The molecule has 0 aromatic heterocycles. The van der Waals surface area contributed by atoms with Gasteiger partial charge in [-0.3, -0.25) is 9.69 Å². The van der Waals surface area contributed by atoms with Crippen molar-refractivity contribution in [2.45, 2.75) is 50.7 Å². The number of aliphatic carboxylic acids is 1. The third-order valence-electron chi connectivity index (χ3n) is 4.08. The lowest BCUT2D eigenvalue weighted by Gasteiger charge is -2.35. The number of ether oxygens (including phenoxy) is 1. The summed E-state index contributed by atoms with van der Waals surface area (Å²) < 4.78 is 5.87. The first-order valence-corrected chi connectivity index (χ1v) is 7.54. The van der Waals surface area contributed by atoms with Crippen molar-refractivity contribution in [2.24, 2.45) is 0 Å². The number of carboxylic acid groups (broad SMARTS) is 1. The average molecular weight is 270 g/mol. The highest BCUT2D eigenvalue weighted by Crippen LogP contribution is 2.22. The van der Waals surface area contributed by atoms with E-state index in [1.165, 1.54) is 19.4 Å². The molecule has 0 saturated carbocycles. The number of nitrogens with one attached hydrogen (secondary N) is 1. The number of hydrogen-bond donors (Lipinski definition) is 2. The molecule has 0 amide bonds. The molecule has 2 rings (SSSR count). The monoisotopic (exact) mass is 270 g/mol. The minimum absolute atomic E-state index is 0.294. The summed E-state index contributed by atoms with van der Waals surface area (Å²) in [7, 11) is 0. The van der Waals surface area contributed by atoms with Gasteiger partial charge in [0.1, 0.15) is 0 Å². The zero-order valence-electron chi connectivity index (χ0n) is 11.6. The van der Waals surface area contributed by atoms with Gasteiger partial charge in [-0.2, -0.15) is 0 Å². The third kappa shape index (κ3) is 5.09. The van der Waals surface area contributed by atoms with Crippen molar-refractivity contribution in [3.05, 3.63) is 0 Å². The molecule has 2 fully saturated rings. The zero-order valence-corrected chi connectivity index (χ0v) is 11.6. The smallest absolute Gasteiger partial charge is 0.303 e. The second-order valence-electron chi connectivity index (χ2n) is 5.65. The fourth-order valence-electron chi connectivity index (χ4n) is 2.98. The number of unbranched alkanes of at least 4 members (excludes halogenated alkanes) is 2. The van der Waals surface area contributed by atoms with Gasteiger partial charge in [0, 0.05) is 25.6 Å². The van der Waals surface area contributed by atoms with Crippen LogP contribution in [-0.4, -0.2) is 60.9 Å². The van der Waals surface area contributed by atoms with Gasteiger partial charge in [-0.25, -0.2) is 0 Å². The van der Waals surface area contributed by atoms with Gasteiger partial charge in [0.25, 0.3) is 0 Å².